The number of anilines is 1. The van der Waals surface area contributed by atoms with Crippen LogP contribution < -0.4 is 5.32 Å². The fourth-order valence-electron chi connectivity index (χ4n) is 1.55. The third-order valence-corrected chi connectivity index (χ3v) is 2.96. The van der Waals surface area contributed by atoms with Gasteiger partial charge in [-0.05, 0) is 26.0 Å². The van der Waals surface area contributed by atoms with Crippen molar-refractivity contribution in [2.75, 3.05) is 18.5 Å². The number of halogens is 1. The van der Waals surface area contributed by atoms with Crippen LogP contribution in [0.5, 0.6) is 0 Å². The molecule has 0 atom stereocenters. The van der Waals surface area contributed by atoms with Gasteiger partial charge in [-0.3, -0.25) is 4.79 Å². The normalized spacial score (nSPS) is 16.8. The van der Waals surface area contributed by atoms with Gasteiger partial charge in [0.25, 0.3) is 0 Å². The van der Waals surface area contributed by atoms with Crippen LogP contribution in [0.3, 0.4) is 0 Å². The summed E-state index contributed by atoms with van der Waals surface area (Å²) < 4.78 is 10.2. The molecule has 0 aliphatic carbocycles. The lowest BCUT2D eigenvalue weighted by atomic mass is 10.1. The Hall–Kier alpha value is -0.910. The van der Waals surface area contributed by atoms with Gasteiger partial charge in [0.2, 0.25) is 5.91 Å². The summed E-state index contributed by atoms with van der Waals surface area (Å²) in [7, 11) is 0. The summed E-state index contributed by atoms with van der Waals surface area (Å²) in [4.78, 5) is 11.8. The SMILES string of the molecule is CC(C)(Br)C(=O)Nc1ccc(C2OCCO2)cc1. The number of amides is 1. The molecular formula is C13H16BrNO3. The van der Waals surface area contributed by atoms with Crippen molar-refractivity contribution in [1.29, 1.82) is 0 Å². The van der Waals surface area contributed by atoms with Crippen LogP contribution in [0.1, 0.15) is 25.7 Å². The third kappa shape index (κ3) is 3.31. The number of alkyl halides is 1. The van der Waals surface area contributed by atoms with Crippen molar-refractivity contribution in [3.63, 3.8) is 0 Å². The van der Waals surface area contributed by atoms with Crippen molar-refractivity contribution < 1.29 is 14.3 Å². The molecule has 1 aliphatic rings. The molecule has 0 radical (unpaired) electrons. The van der Waals surface area contributed by atoms with Gasteiger partial charge in [-0.15, -0.1) is 0 Å². The molecule has 1 fully saturated rings. The number of benzene rings is 1. The van der Waals surface area contributed by atoms with Gasteiger partial charge >= 0.3 is 0 Å². The Morgan fingerprint density at radius 3 is 2.33 bits per heavy atom. The Labute approximate surface area is 115 Å². The lowest BCUT2D eigenvalue weighted by Gasteiger charge is -2.16. The summed E-state index contributed by atoms with van der Waals surface area (Å²) in [6, 6.07) is 7.48. The average molecular weight is 314 g/mol. The zero-order chi connectivity index (χ0) is 13.2. The first kappa shape index (κ1) is 13.5. The van der Waals surface area contributed by atoms with Gasteiger partial charge in [-0.25, -0.2) is 0 Å². The minimum atomic E-state index is -0.580. The van der Waals surface area contributed by atoms with Crippen LogP contribution in [-0.2, 0) is 14.3 Å². The maximum Gasteiger partial charge on any atom is 0.240 e. The van der Waals surface area contributed by atoms with E-state index < -0.39 is 4.32 Å². The van der Waals surface area contributed by atoms with Gasteiger partial charge in [-0.2, -0.15) is 0 Å². The van der Waals surface area contributed by atoms with Gasteiger partial charge in [0.15, 0.2) is 6.29 Å². The van der Waals surface area contributed by atoms with Crippen LogP contribution in [0.15, 0.2) is 24.3 Å². The molecule has 1 N–H and O–H groups in total. The summed E-state index contributed by atoms with van der Waals surface area (Å²) in [5.41, 5.74) is 1.72. The molecule has 18 heavy (non-hydrogen) atoms. The first-order valence-corrected chi connectivity index (χ1v) is 6.59. The Morgan fingerprint density at radius 2 is 1.83 bits per heavy atom. The lowest BCUT2D eigenvalue weighted by molar-refractivity contribution is -0.117. The zero-order valence-electron chi connectivity index (χ0n) is 10.4. The Balaban J connectivity index is 2.01. The van der Waals surface area contributed by atoms with E-state index in [1.54, 1.807) is 13.8 Å². The number of carbonyl (C=O) groups is 1. The number of carbonyl (C=O) groups excluding carboxylic acids is 1. The summed E-state index contributed by atoms with van der Waals surface area (Å²) in [5.74, 6) is -0.0800. The summed E-state index contributed by atoms with van der Waals surface area (Å²) in [6.07, 6.45) is -0.276. The van der Waals surface area contributed by atoms with Crippen LogP contribution in [0.4, 0.5) is 5.69 Å². The molecule has 0 unspecified atom stereocenters. The topological polar surface area (TPSA) is 47.6 Å². The highest BCUT2D eigenvalue weighted by Crippen LogP contribution is 2.25. The largest absolute Gasteiger partial charge is 0.346 e. The second-order valence-corrected chi connectivity index (χ2v) is 6.60. The second kappa shape index (κ2) is 5.38. The van der Waals surface area contributed by atoms with E-state index in [4.69, 9.17) is 9.47 Å². The highest BCUT2D eigenvalue weighted by atomic mass is 79.9. The van der Waals surface area contributed by atoms with E-state index in [2.05, 4.69) is 21.2 Å². The zero-order valence-corrected chi connectivity index (χ0v) is 12.0. The van der Waals surface area contributed by atoms with E-state index in [9.17, 15) is 4.79 Å². The first-order valence-electron chi connectivity index (χ1n) is 5.80. The van der Waals surface area contributed by atoms with Crippen molar-refractivity contribution in [2.45, 2.75) is 24.5 Å². The first-order chi connectivity index (χ1) is 8.47. The number of nitrogens with one attached hydrogen (secondary N) is 1. The van der Waals surface area contributed by atoms with E-state index in [1.807, 2.05) is 24.3 Å². The summed E-state index contributed by atoms with van der Waals surface area (Å²) in [6.45, 7) is 4.86. The molecule has 0 aromatic heterocycles. The summed E-state index contributed by atoms with van der Waals surface area (Å²) in [5, 5.41) is 2.83. The molecule has 0 bridgehead atoms. The molecule has 5 heteroatoms. The number of ether oxygens (including phenoxy) is 2. The fourth-order valence-corrected chi connectivity index (χ4v) is 1.65. The molecule has 1 amide bonds. The highest BCUT2D eigenvalue weighted by molar-refractivity contribution is 9.10. The van der Waals surface area contributed by atoms with Crippen LogP contribution in [0.2, 0.25) is 0 Å². The van der Waals surface area contributed by atoms with Gasteiger partial charge < -0.3 is 14.8 Å². The molecule has 1 heterocycles. The molecule has 4 nitrogen and oxygen atoms in total. The maximum absolute atomic E-state index is 11.8. The van der Waals surface area contributed by atoms with E-state index >= 15 is 0 Å². The molecule has 0 saturated carbocycles. The molecular weight excluding hydrogens is 298 g/mol. The molecule has 1 aromatic carbocycles. The van der Waals surface area contributed by atoms with Crippen LogP contribution in [-0.4, -0.2) is 23.4 Å². The average Bonchev–Trinajstić information content (AvgIpc) is 2.82. The van der Waals surface area contributed by atoms with E-state index in [0.29, 0.717) is 13.2 Å². The second-order valence-electron chi connectivity index (χ2n) is 4.62. The van der Waals surface area contributed by atoms with Gasteiger partial charge in [0, 0.05) is 11.3 Å². The van der Waals surface area contributed by atoms with Crippen LogP contribution in [0, 0.1) is 0 Å². The number of hydrogen-bond donors (Lipinski definition) is 1. The molecule has 98 valence electrons. The quantitative estimate of drug-likeness (QED) is 0.873. The van der Waals surface area contributed by atoms with E-state index in [0.717, 1.165) is 11.3 Å². The monoisotopic (exact) mass is 313 g/mol. The predicted molar refractivity (Wildman–Crippen MR) is 72.7 cm³/mol. The number of rotatable bonds is 3. The molecule has 2 rings (SSSR count). The maximum atomic E-state index is 11.8. The number of hydrogen-bond acceptors (Lipinski definition) is 3. The molecule has 1 aromatic rings. The molecule has 1 aliphatic heterocycles. The van der Waals surface area contributed by atoms with Crippen molar-refractivity contribution >= 4 is 27.5 Å². The van der Waals surface area contributed by atoms with Gasteiger partial charge in [0.05, 0.1) is 17.5 Å². The third-order valence-electron chi connectivity index (χ3n) is 2.60. The van der Waals surface area contributed by atoms with Crippen molar-refractivity contribution in [3.05, 3.63) is 29.8 Å². The minimum absolute atomic E-state index is 0.0800. The standard InChI is InChI=1S/C13H16BrNO3/c1-13(2,14)12(16)15-10-5-3-9(4-6-10)11-17-7-8-18-11/h3-6,11H,7-8H2,1-2H3,(H,15,16). The fraction of sp³-hybridized carbons (Fsp3) is 0.462. The van der Waals surface area contributed by atoms with Crippen molar-refractivity contribution in [3.8, 4) is 0 Å². The smallest absolute Gasteiger partial charge is 0.240 e. The Morgan fingerprint density at radius 1 is 1.28 bits per heavy atom. The minimum Gasteiger partial charge on any atom is -0.346 e. The van der Waals surface area contributed by atoms with Gasteiger partial charge in [0.1, 0.15) is 0 Å². The summed E-state index contributed by atoms with van der Waals surface area (Å²) >= 11 is 3.32. The van der Waals surface area contributed by atoms with Crippen molar-refractivity contribution in [1.82, 2.24) is 0 Å². The lowest BCUT2D eigenvalue weighted by Crippen LogP contribution is -2.30. The van der Waals surface area contributed by atoms with Crippen molar-refractivity contribution in [2.24, 2.45) is 0 Å². The molecule has 1 saturated heterocycles. The Kier molecular flexibility index (Phi) is 4.04. The van der Waals surface area contributed by atoms with Crippen LogP contribution >= 0.6 is 15.9 Å². The highest BCUT2D eigenvalue weighted by Gasteiger charge is 2.23. The van der Waals surface area contributed by atoms with Gasteiger partial charge in [-0.1, -0.05) is 28.1 Å². The Bertz CT molecular complexity index is 419. The van der Waals surface area contributed by atoms with E-state index in [1.165, 1.54) is 0 Å². The predicted octanol–water partition coefficient (Wildman–Crippen LogP) is 2.84. The van der Waals surface area contributed by atoms with Crippen LogP contribution in [0.25, 0.3) is 0 Å². The van der Waals surface area contributed by atoms with E-state index in [-0.39, 0.29) is 12.2 Å². The molecule has 0 spiro atoms.